The van der Waals surface area contributed by atoms with Crippen LogP contribution in [0.2, 0.25) is 0 Å². The van der Waals surface area contributed by atoms with Gasteiger partial charge >= 0.3 is 0 Å². The summed E-state index contributed by atoms with van der Waals surface area (Å²) < 4.78 is 19.0. The SMILES string of the molecule is Cc1nc(CN2C[C@@H](F)C[C@H]2CN(C)C(=O)C(C2CC2)C2CC2)no1. The average Bonchev–Trinajstić information content (AvgIpc) is 3.48. The number of nitrogens with zero attached hydrogens (tertiary/aromatic N) is 4. The van der Waals surface area contributed by atoms with E-state index in [1.165, 1.54) is 25.7 Å². The van der Waals surface area contributed by atoms with Crippen LogP contribution in [0.25, 0.3) is 0 Å². The molecule has 7 heteroatoms. The first-order valence-electron chi connectivity index (χ1n) is 9.43. The molecule has 6 nitrogen and oxygen atoms in total. The van der Waals surface area contributed by atoms with Crippen molar-refractivity contribution in [3.05, 3.63) is 11.7 Å². The predicted octanol–water partition coefficient (Wildman–Crippen LogP) is 2.19. The summed E-state index contributed by atoms with van der Waals surface area (Å²) in [4.78, 5) is 21.0. The van der Waals surface area contributed by atoms with E-state index in [4.69, 9.17) is 4.52 Å². The number of likely N-dealkylation sites (tertiary alicyclic amines) is 1. The highest BCUT2D eigenvalue weighted by molar-refractivity contribution is 5.80. The third kappa shape index (κ3) is 3.86. The molecule has 0 bridgehead atoms. The number of likely N-dealkylation sites (N-methyl/N-ethyl adjacent to an activating group) is 1. The van der Waals surface area contributed by atoms with Crippen molar-refractivity contribution in [1.29, 1.82) is 0 Å². The zero-order valence-electron chi connectivity index (χ0n) is 15.0. The van der Waals surface area contributed by atoms with Gasteiger partial charge in [-0.1, -0.05) is 5.16 Å². The van der Waals surface area contributed by atoms with Gasteiger partial charge in [0.05, 0.1) is 6.54 Å². The summed E-state index contributed by atoms with van der Waals surface area (Å²) >= 11 is 0. The predicted molar refractivity (Wildman–Crippen MR) is 89.3 cm³/mol. The number of hydrogen-bond acceptors (Lipinski definition) is 5. The fraction of sp³-hybridized carbons (Fsp3) is 0.833. The molecule has 25 heavy (non-hydrogen) atoms. The van der Waals surface area contributed by atoms with Crippen LogP contribution in [0.3, 0.4) is 0 Å². The van der Waals surface area contributed by atoms with Crippen molar-refractivity contribution in [3.63, 3.8) is 0 Å². The number of aromatic nitrogens is 2. The van der Waals surface area contributed by atoms with E-state index in [-0.39, 0.29) is 17.9 Å². The van der Waals surface area contributed by atoms with Crippen LogP contribution in [0.15, 0.2) is 4.52 Å². The summed E-state index contributed by atoms with van der Waals surface area (Å²) in [6.45, 7) is 3.17. The maximum atomic E-state index is 14.0. The molecule has 2 atom stereocenters. The maximum absolute atomic E-state index is 14.0. The van der Waals surface area contributed by atoms with Gasteiger partial charge in [0, 0.05) is 39.0 Å². The summed E-state index contributed by atoms with van der Waals surface area (Å²) in [5.74, 6) is 2.77. The van der Waals surface area contributed by atoms with Crippen LogP contribution in [-0.2, 0) is 11.3 Å². The maximum Gasteiger partial charge on any atom is 0.226 e. The Hall–Kier alpha value is -1.50. The normalized spacial score (nSPS) is 27.2. The molecule has 1 aromatic rings. The minimum Gasteiger partial charge on any atom is -0.344 e. The number of aryl methyl sites for hydroxylation is 1. The molecular weight excluding hydrogens is 323 g/mol. The number of halogens is 1. The first-order valence-corrected chi connectivity index (χ1v) is 9.43. The molecule has 0 unspecified atom stereocenters. The van der Waals surface area contributed by atoms with Gasteiger partial charge < -0.3 is 9.42 Å². The van der Waals surface area contributed by atoms with Crippen molar-refractivity contribution >= 4 is 5.91 Å². The topological polar surface area (TPSA) is 62.5 Å². The second-order valence-electron chi connectivity index (χ2n) is 8.07. The molecule has 1 saturated heterocycles. The van der Waals surface area contributed by atoms with Crippen molar-refractivity contribution in [3.8, 4) is 0 Å². The minimum absolute atomic E-state index is 0.0156. The smallest absolute Gasteiger partial charge is 0.226 e. The lowest BCUT2D eigenvalue weighted by Gasteiger charge is -2.30. The number of amides is 1. The molecule has 1 amide bonds. The second kappa shape index (κ2) is 6.67. The molecule has 3 aliphatic rings. The van der Waals surface area contributed by atoms with Gasteiger partial charge in [-0.05, 0) is 43.9 Å². The van der Waals surface area contributed by atoms with E-state index in [0.29, 0.717) is 49.6 Å². The van der Waals surface area contributed by atoms with Gasteiger partial charge in [0.2, 0.25) is 11.8 Å². The summed E-state index contributed by atoms with van der Waals surface area (Å²) in [6, 6.07) is 0.0156. The third-order valence-corrected chi connectivity index (χ3v) is 5.80. The van der Waals surface area contributed by atoms with Crippen LogP contribution in [-0.4, -0.2) is 58.2 Å². The molecule has 2 aliphatic carbocycles. The number of carbonyl (C=O) groups is 1. The molecule has 0 spiro atoms. The molecule has 2 heterocycles. The van der Waals surface area contributed by atoms with Crippen molar-refractivity contribution < 1.29 is 13.7 Å². The lowest BCUT2D eigenvalue weighted by atomic mass is 9.96. The van der Waals surface area contributed by atoms with Crippen molar-refractivity contribution in [2.75, 3.05) is 20.1 Å². The second-order valence-corrected chi connectivity index (χ2v) is 8.07. The fourth-order valence-electron chi connectivity index (χ4n) is 4.25. The Morgan fingerprint density at radius 2 is 2.04 bits per heavy atom. The molecule has 1 aromatic heterocycles. The lowest BCUT2D eigenvalue weighted by Crippen LogP contribution is -2.43. The van der Waals surface area contributed by atoms with Gasteiger partial charge in [-0.25, -0.2) is 4.39 Å². The number of carbonyl (C=O) groups excluding carboxylic acids is 1. The van der Waals surface area contributed by atoms with Gasteiger partial charge in [-0.2, -0.15) is 4.98 Å². The summed E-state index contributed by atoms with van der Waals surface area (Å²) in [5, 5.41) is 3.91. The van der Waals surface area contributed by atoms with E-state index in [2.05, 4.69) is 10.1 Å². The van der Waals surface area contributed by atoms with Crippen LogP contribution < -0.4 is 0 Å². The highest BCUT2D eigenvalue weighted by Crippen LogP contribution is 2.49. The standard InChI is InChI=1S/C18H27FN4O2/c1-11-20-16(21-25-11)10-23-8-14(19)7-15(23)9-22(2)18(24)17(12-3-4-12)13-5-6-13/h12-15,17H,3-10H2,1-2H3/t14-,15-/m0/s1. The molecule has 1 aliphatic heterocycles. The average molecular weight is 350 g/mol. The van der Waals surface area contributed by atoms with E-state index >= 15 is 0 Å². The molecule has 0 aromatic carbocycles. The zero-order chi connectivity index (χ0) is 17.6. The molecule has 2 saturated carbocycles. The van der Waals surface area contributed by atoms with Crippen LogP contribution in [0.1, 0.15) is 43.8 Å². The Balaban J connectivity index is 1.38. The molecule has 138 valence electrons. The Bertz CT molecular complexity index is 616. The van der Waals surface area contributed by atoms with Crippen LogP contribution in [0, 0.1) is 24.7 Å². The van der Waals surface area contributed by atoms with E-state index in [0.717, 1.165) is 0 Å². The van der Waals surface area contributed by atoms with E-state index in [1.807, 2.05) is 16.8 Å². The zero-order valence-corrected chi connectivity index (χ0v) is 15.0. The lowest BCUT2D eigenvalue weighted by molar-refractivity contribution is -0.136. The molecule has 0 radical (unpaired) electrons. The summed E-state index contributed by atoms with van der Waals surface area (Å²) in [5.41, 5.74) is 0. The van der Waals surface area contributed by atoms with Gasteiger partial charge in [0.15, 0.2) is 5.82 Å². The van der Waals surface area contributed by atoms with Crippen molar-refractivity contribution in [2.24, 2.45) is 17.8 Å². The quantitative estimate of drug-likeness (QED) is 0.754. The van der Waals surface area contributed by atoms with Crippen LogP contribution in [0.4, 0.5) is 4.39 Å². The third-order valence-electron chi connectivity index (χ3n) is 5.80. The first-order chi connectivity index (χ1) is 12.0. The highest BCUT2D eigenvalue weighted by Gasteiger charge is 2.47. The van der Waals surface area contributed by atoms with Crippen LogP contribution >= 0.6 is 0 Å². The van der Waals surface area contributed by atoms with Gasteiger partial charge in [0.25, 0.3) is 0 Å². The van der Waals surface area contributed by atoms with Crippen molar-refractivity contribution in [2.45, 2.75) is 57.8 Å². The van der Waals surface area contributed by atoms with Gasteiger partial charge in [0.1, 0.15) is 6.17 Å². The van der Waals surface area contributed by atoms with E-state index in [9.17, 15) is 9.18 Å². The minimum atomic E-state index is -0.857. The summed E-state index contributed by atoms with van der Waals surface area (Å²) in [7, 11) is 1.88. The Morgan fingerprint density at radius 1 is 1.36 bits per heavy atom. The highest BCUT2D eigenvalue weighted by atomic mass is 19.1. The van der Waals surface area contributed by atoms with Crippen LogP contribution in [0.5, 0.6) is 0 Å². The van der Waals surface area contributed by atoms with Crippen molar-refractivity contribution in [1.82, 2.24) is 19.9 Å². The molecular formula is C18H27FN4O2. The summed E-state index contributed by atoms with van der Waals surface area (Å²) in [6.07, 6.45) is 4.38. The monoisotopic (exact) mass is 350 g/mol. The molecule has 4 rings (SSSR count). The first kappa shape index (κ1) is 16.9. The van der Waals surface area contributed by atoms with E-state index in [1.54, 1.807) is 6.92 Å². The molecule has 3 fully saturated rings. The Labute approximate surface area is 147 Å². The molecule has 0 N–H and O–H groups in total. The number of rotatable bonds is 7. The Kier molecular flexibility index (Phi) is 4.52. The largest absolute Gasteiger partial charge is 0.344 e. The number of alkyl halides is 1. The Morgan fingerprint density at radius 3 is 2.60 bits per heavy atom. The fourth-order valence-corrected chi connectivity index (χ4v) is 4.25. The number of hydrogen-bond donors (Lipinski definition) is 0. The van der Waals surface area contributed by atoms with E-state index < -0.39 is 6.17 Å². The van der Waals surface area contributed by atoms with Gasteiger partial charge in [-0.15, -0.1) is 0 Å². The van der Waals surface area contributed by atoms with Gasteiger partial charge in [-0.3, -0.25) is 9.69 Å².